The zero-order valence-corrected chi connectivity index (χ0v) is 66.0. The SMILES string of the molecule is C.C1CCNCC1.CC(C)C[C@H](CC(=O)[C@@H](N)CNC(=O)OCC1c2ccccc2-c2ccccc21)C(N)=O.CCCC(=O)N[C@@H](CN)C(=O)C[C@@H](CC(C)C)C(N)=O.CCCC(=O)N[C@@H](CNC(=O)OCC1c2ccccc2-c2ccccc21)C(=O)C[C@@H](CC(C)C)C(N)=O.S.S.S.S.S.S. The topological polar surface area (TPSA) is 379 Å². The maximum absolute atomic E-state index is 13.0. The lowest BCUT2D eigenvalue weighted by Gasteiger charge is -2.22. The molecule has 0 unspecified atom stereocenters. The van der Waals surface area contributed by atoms with Crippen molar-refractivity contribution in [3.8, 4) is 22.3 Å². The van der Waals surface area contributed by atoms with E-state index in [1.165, 1.54) is 32.4 Å². The van der Waals surface area contributed by atoms with Gasteiger partial charge in [-0.15, -0.1) is 0 Å². The summed E-state index contributed by atoms with van der Waals surface area (Å²) in [7, 11) is 0. The number of hydrogen-bond acceptors (Lipinski definition) is 15. The van der Waals surface area contributed by atoms with Crippen LogP contribution in [0.3, 0.4) is 0 Å². The monoisotopic (exact) mass is 1530 g/mol. The van der Waals surface area contributed by atoms with E-state index in [1.54, 1.807) is 0 Å². The number of hydrogen-bond donors (Lipinski definition) is 10. The maximum Gasteiger partial charge on any atom is 0.407 e. The molecule has 0 bridgehead atoms. The summed E-state index contributed by atoms with van der Waals surface area (Å²) in [4.78, 5) is 121. The van der Waals surface area contributed by atoms with Crippen molar-refractivity contribution in [1.82, 2.24) is 26.6 Å². The Bertz CT molecular complexity index is 3100. The van der Waals surface area contributed by atoms with Crippen molar-refractivity contribution in [2.75, 3.05) is 45.9 Å². The number of rotatable bonds is 33. The van der Waals surface area contributed by atoms with Crippen LogP contribution in [0, 0.1) is 35.5 Å². The van der Waals surface area contributed by atoms with Crippen LogP contribution in [0.2, 0.25) is 0 Å². The Balaban J connectivity index is -0.000000676. The van der Waals surface area contributed by atoms with Crippen LogP contribution < -0.4 is 55.3 Å². The number of nitrogens with one attached hydrogen (secondary N) is 5. The average molecular weight is 1540 g/mol. The van der Waals surface area contributed by atoms with Gasteiger partial charge in [0.2, 0.25) is 29.5 Å². The lowest BCUT2D eigenvalue weighted by Crippen LogP contribution is -2.49. The van der Waals surface area contributed by atoms with Gasteiger partial charge < -0.3 is 64.7 Å². The summed E-state index contributed by atoms with van der Waals surface area (Å²) in [6.45, 7) is 18.1. The van der Waals surface area contributed by atoms with Gasteiger partial charge in [-0.05, 0) is 120 Å². The van der Waals surface area contributed by atoms with E-state index in [9.17, 15) is 47.9 Å². The van der Waals surface area contributed by atoms with Gasteiger partial charge in [-0.2, -0.15) is 81.0 Å². The highest BCUT2D eigenvalue weighted by atomic mass is 32.1. The second kappa shape index (κ2) is 54.4. The third-order valence-corrected chi connectivity index (χ3v) is 16.7. The quantitative estimate of drug-likeness (QED) is 0.0212. The molecule has 576 valence electrons. The second-order valence-corrected chi connectivity index (χ2v) is 26.0. The van der Waals surface area contributed by atoms with E-state index in [4.69, 9.17) is 38.1 Å². The zero-order chi connectivity index (χ0) is 70.1. The minimum absolute atomic E-state index is 0. The normalized spacial score (nSPS) is 13.7. The fourth-order valence-electron chi connectivity index (χ4n) is 11.9. The summed E-state index contributed by atoms with van der Waals surface area (Å²) < 4.78 is 11.0. The van der Waals surface area contributed by atoms with Crippen molar-refractivity contribution in [2.45, 2.75) is 176 Å². The molecule has 4 aromatic carbocycles. The van der Waals surface area contributed by atoms with Gasteiger partial charge in [-0.1, -0.05) is 166 Å². The Morgan fingerprint density at radius 2 is 0.765 bits per heavy atom. The van der Waals surface area contributed by atoms with Crippen molar-refractivity contribution < 1.29 is 57.4 Å². The van der Waals surface area contributed by atoms with Crippen LogP contribution in [0.15, 0.2) is 97.1 Å². The van der Waals surface area contributed by atoms with Gasteiger partial charge in [0.15, 0.2) is 17.3 Å². The van der Waals surface area contributed by atoms with Gasteiger partial charge in [0, 0.05) is 81.3 Å². The van der Waals surface area contributed by atoms with Gasteiger partial charge in [-0.25, -0.2) is 9.59 Å². The Morgan fingerprint density at radius 3 is 1.05 bits per heavy atom. The number of ether oxygens (including phenoxy) is 2. The number of fused-ring (bicyclic) bond motifs is 6. The van der Waals surface area contributed by atoms with Crippen LogP contribution in [-0.2, 0) is 47.8 Å². The van der Waals surface area contributed by atoms with Crippen LogP contribution in [0.1, 0.15) is 180 Å². The predicted molar refractivity (Wildman–Crippen MR) is 438 cm³/mol. The Kier molecular flexibility index (Phi) is 54.5. The van der Waals surface area contributed by atoms with Crippen molar-refractivity contribution in [2.24, 2.45) is 64.2 Å². The summed E-state index contributed by atoms with van der Waals surface area (Å²) in [6, 6.07) is 29.6. The molecule has 102 heavy (non-hydrogen) atoms. The number of nitrogens with two attached hydrogens (primary N) is 5. The molecule has 1 saturated heterocycles. The van der Waals surface area contributed by atoms with E-state index in [1.807, 2.05) is 128 Å². The third kappa shape index (κ3) is 35.0. The van der Waals surface area contributed by atoms with E-state index < -0.39 is 65.8 Å². The summed E-state index contributed by atoms with van der Waals surface area (Å²) in [5, 5.41) is 13.7. The number of alkyl carbamates (subject to hydrolysis) is 2. The summed E-state index contributed by atoms with van der Waals surface area (Å²) in [5.41, 5.74) is 36.6. The van der Waals surface area contributed by atoms with Crippen molar-refractivity contribution >= 4 is 140 Å². The number of carbonyl (C=O) groups excluding carboxylic acids is 10. The first-order chi connectivity index (χ1) is 45.3. The molecule has 2 aliphatic carbocycles. The maximum atomic E-state index is 13.0. The minimum Gasteiger partial charge on any atom is -0.449 e. The van der Waals surface area contributed by atoms with Crippen LogP contribution in [0.25, 0.3) is 22.3 Å². The lowest BCUT2D eigenvalue weighted by molar-refractivity contribution is -0.131. The highest BCUT2D eigenvalue weighted by Gasteiger charge is 2.33. The fourth-order valence-corrected chi connectivity index (χ4v) is 11.9. The van der Waals surface area contributed by atoms with Crippen molar-refractivity contribution in [3.05, 3.63) is 119 Å². The molecule has 6 atom stereocenters. The smallest absolute Gasteiger partial charge is 0.407 e. The lowest BCUT2D eigenvalue weighted by atomic mass is 9.90. The number of carbonyl (C=O) groups is 10. The molecule has 0 aromatic heterocycles. The Hall–Kier alpha value is -6.24. The molecule has 15 N–H and O–H groups in total. The second-order valence-electron chi connectivity index (χ2n) is 26.0. The van der Waals surface area contributed by atoms with Crippen LogP contribution in [0.5, 0.6) is 0 Å². The summed E-state index contributed by atoms with van der Waals surface area (Å²) >= 11 is 0. The molecule has 1 fully saturated rings. The molecule has 1 heterocycles. The number of ketones is 3. The highest BCUT2D eigenvalue weighted by molar-refractivity contribution is 7.60. The molecule has 1 aliphatic heterocycles. The summed E-state index contributed by atoms with van der Waals surface area (Å²) in [5.74, 6) is -4.08. The van der Waals surface area contributed by atoms with Gasteiger partial charge in [0.25, 0.3) is 0 Å². The number of benzene rings is 4. The molecule has 0 spiro atoms. The Morgan fingerprint density at radius 1 is 0.461 bits per heavy atom. The standard InChI is InChI=1S/C29H37N3O5.C25H31N3O4.C14H27N3O3.C5H11N.CH4.6H2S/c1-4-9-27(34)32-25(26(33)15-19(28(30)35)14-18(2)3)16-31-29(36)37-17-24-22-12-7-5-10-20(22)21-11-6-8-13-23(21)24;1-15(2)11-16(24(27)30)12-23(29)22(26)13-28-25(31)32-14-21-19-9-5-3-7-17(19)18-8-4-6-10-20(18)21;1-4-5-13(19)17-11(8-15)12(18)7-10(14(16)20)6-9(2)3;1-2-4-6-5-3-1;;;;;;;/h5-8,10-13,18-19,24-25H,4,9,14-17H2,1-3H3,(H2,30,35)(H,31,36)(H,32,34);3-10,15-16,21-22H,11-14,26H2,1-2H3,(H2,27,30)(H,28,31);9-11H,4-8,15H2,1-3H3,(H2,16,20)(H,17,19);6H,1-5H2;1H4;6*1H2/t19-,25+;16-,22+;10-,11+;;;;;;;;/m111......../s1. The Labute approximate surface area is 647 Å². The fraction of sp³-hybridized carbons (Fsp3) is 0.541. The molecule has 3 aliphatic rings. The molecule has 0 saturated carbocycles. The largest absolute Gasteiger partial charge is 0.449 e. The van der Waals surface area contributed by atoms with Crippen molar-refractivity contribution in [1.29, 1.82) is 0 Å². The van der Waals surface area contributed by atoms with E-state index in [2.05, 4.69) is 50.8 Å². The summed E-state index contributed by atoms with van der Waals surface area (Å²) in [6.07, 6.45) is 6.27. The van der Waals surface area contributed by atoms with E-state index in [0.29, 0.717) is 38.5 Å². The number of Topliss-reactive ketones (excluding diaryl/α,β-unsaturated/α-hetero) is 3. The van der Waals surface area contributed by atoms with Gasteiger partial charge >= 0.3 is 12.2 Å². The first kappa shape index (κ1) is 102. The number of piperidine rings is 1. The van der Waals surface area contributed by atoms with E-state index in [0.717, 1.165) is 44.5 Å². The predicted octanol–water partition coefficient (Wildman–Crippen LogP) is 9.29. The van der Waals surface area contributed by atoms with Gasteiger partial charge in [-0.3, -0.25) is 38.4 Å². The van der Waals surface area contributed by atoms with Crippen LogP contribution in [-0.4, -0.2) is 123 Å². The van der Waals surface area contributed by atoms with Gasteiger partial charge in [0.05, 0.1) is 12.1 Å². The van der Waals surface area contributed by atoms with E-state index in [-0.39, 0.29) is 206 Å². The van der Waals surface area contributed by atoms with Crippen molar-refractivity contribution in [3.63, 3.8) is 0 Å². The molecular weight excluding hydrogens is 1410 g/mol. The van der Waals surface area contributed by atoms with Gasteiger partial charge in [0.1, 0.15) is 19.3 Å². The molecule has 0 radical (unpaired) electrons. The first-order valence-electron chi connectivity index (χ1n) is 33.7. The zero-order valence-electron chi connectivity index (χ0n) is 60.0. The molecule has 28 heteroatoms. The minimum atomic E-state index is -0.978. The molecular formula is C74H122N10O12S6. The van der Waals surface area contributed by atoms with Crippen LogP contribution >= 0.6 is 81.0 Å². The first-order valence-corrected chi connectivity index (χ1v) is 33.7. The molecule has 7 rings (SSSR count). The third-order valence-electron chi connectivity index (χ3n) is 16.7. The number of amides is 7. The average Bonchev–Trinajstić information content (AvgIpc) is 1.63. The molecule has 7 amide bonds. The molecule has 22 nitrogen and oxygen atoms in total. The van der Waals surface area contributed by atoms with Crippen LogP contribution in [0.4, 0.5) is 9.59 Å². The molecule has 4 aromatic rings. The highest BCUT2D eigenvalue weighted by Crippen LogP contribution is 2.46. The van der Waals surface area contributed by atoms with E-state index >= 15 is 0 Å². The number of primary amides is 3.